The van der Waals surface area contributed by atoms with Gasteiger partial charge in [0.15, 0.2) is 0 Å². The van der Waals surface area contributed by atoms with E-state index >= 15 is 0 Å². The number of hydrogen-bond acceptors (Lipinski definition) is 6. The fraction of sp³-hybridized carbons (Fsp3) is 0.300. The number of carbonyl (C=O) groups is 1. The first-order chi connectivity index (χ1) is 15.0. The van der Waals surface area contributed by atoms with Crippen molar-refractivity contribution >= 4 is 11.7 Å². The topological polar surface area (TPSA) is 93.4 Å². The molecule has 8 nitrogen and oxygen atoms in total. The first-order valence-electron chi connectivity index (χ1n) is 9.48. The Kier molecular flexibility index (Phi) is 6.12. The second-order valence-electron chi connectivity index (χ2n) is 6.79. The monoisotopic (exact) mass is 433 g/mol. The van der Waals surface area contributed by atoms with E-state index in [9.17, 15) is 18.0 Å². The van der Waals surface area contributed by atoms with Crippen molar-refractivity contribution in [2.45, 2.75) is 12.8 Å². The first kappa shape index (κ1) is 20.8. The first-order valence-corrected chi connectivity index (χ1v) is 9.48. The van der Waals surface area contributed by atoms with Crippen molar-refractivity contribution < 1.29 is 27.1 Å². The normalized spacial score (nSPS) is 14.1. The molecule has 162 valence electrons. The molecule has 1 fully saturated rings. The molecule has 2 amide bonds. The van der Waals surface area contributed by atoms with Gasteiger partial charge in [-0.3, -0.25) is 4.98 Å². The minimum absolute atomic E-state index is 0.0708. The maximum atomic E-state index is 13.8. The molecule has 0 aliphatic carbocycles. The number of carbonyl (C=O) groups excluding carboxylic acids is 1. The number of hydrogen-bond donors (Lipinski definition) is 1. The highest BCUT2D eigenvalue weighted by Crippen LogP contribution is 2.24. The number of anilines is 1. The molecule has 1 aromatic carbocycles. The number of halogens is 3. The van der Waals surface area contributed by atoms with Crippen LogP contribution in [0.15, 0.2) is 40.9 Å². The van der Waals surface area contributed by atoms with Crippen LogP contribution in [0.3, 0.4) is 0 Å². The Morgan fingerprint density at radius 2 is 1.97 bits per heavy atom. The summed E-state index contributed by atoms with van der Waals surface area (Å²) in [5, 5.41) is 9.67. The quantitative estimate of drug-likeness (QED) is 0.660. The van der Waals surface area contributed by atoms with E-state index in [4.69, 9.17) is 9.15 Å². The molecule has 11 heteroatoms. The van der Waals surface area contributed by atoms with Crippen LogP contribution in [0, 0.1) is 5.82 Å². The third-order valence-corrected chi connectivity index (χ3v) is 4.68. The fourth-order valence-corrected chi connectivity index (χ4v) is 3.08. The Balaban J connectivity index is 1.49. The molecular formula is C20H18F3N5O3. The summed E-state index contributed by atoms with van der Waals surface area (Å²) in [6.45, 7) is 1.90. The average Bonchev–Trinajstić information content (AvgIpc) is 3.27. The van der Waals surface area contributed by atoms with E-state index in [1.807, 2.05) is 0 Å². The molecule has 0 saturated carbocycles. The number of benzene rings is 1. The van der Waals surface area contributed by atoms with E-state index in [0.717, 1.165) is 0 Å². The predicted molar refractivity (Wildman–Crippen MR) is 103 cm³/mol. The van der Waals surface area contributed by atoms with Crippen LogP contribution in [0.1, 0.15) is 23.6 Å². The summed E-state index contributed by atoms with van der Waals surface area (Å²) in [6, 6.07) is 7.05. The van der Waals surface area contributed by atoms with Crippen molar-refractivity contribution in [3.63, 3.8) is 0 Å². The van der Waals surface area contributed by atoms with Gasteiger partial charge in [-0.2, -0.15) is 8.78 Å². The van der Waals surface area contributed by atoms with Crippen molar-refractivity contribution in [3.8, 4) is 11.5 Å². The van der Waals surface area contributed by atoms with Crippen molar-refractivity contribution in [2.75, 3.05) is 31.6 Å². The summed E-state index contributed by atoms with van der Waals surface area (Å²) in [6.07, 6.45) is -1.21. The number of rotatable bonds is 5. The lowest BCUT2D eigenvalue weighted by atomic mass is 10.1. The van der Waals surface area contributed by atoms with Gasteiger partial charge in [-0.1, -0.05) is 0 Å². The van der Waals surface area contributed by atoms with Gasteiger partial charge in [-0.25, -0.2) is 9.18 Å². The lowest BCUT2D eigenvalue weighted by Gasteiger charge is -2.27. The van der Waals surface area contributed by atoms with Crippen LogP contribution in [-0.4, -0.2) is 52.4 Å². The van der Waals surface area contributed by atoms with E-state index in [0.29, 0.717) is 48.8 Å². The lowest BCUT2D eigenvalue weighted by Crippen LogP contribution is -2.43. The highest BCUT2D eigenvalue weighted by molar-refractivity contribution is 5.90. The van der Waals surface area contributed by atoms with Crippen LogP contribution in [-0.2, 0) is 11.2 Å². The van der Waals surface area contributed by atoms with E-state index in [2.05, 4.69) is 20.5 Å². The lowest BCUT2D eigenvalue weighted by molar-refractivity contribution is 0.0564. The second kappa shape index (κ2) is 9.13. The van der Waals surface area contributed by atoms with Gasteiger partial charge in [0.2, 0.25) is 5.89 Å². The number of ether oxygens (including phenoxy) is 1. The summed E-state index contributed by atoms with van der Waals surface area (Å²) in [4.78, 5) is 18.4. The number of aromatic nitrogens is 3. The highest BCUT2D eigenvalue weighted by atomic mass is 19.3. The Morgan fingerprint density at radius 3 is 2.65 bits per heavy atom. The molecule has 1 saturated heterocycles. The molecular weight excluding hydrogens is 415 g/mol. The van der Waals surface area contributed by atoms with E-state index < -0.39 is 18.1 Å². The van der Waals surface area contributed by atoms with Gasteiger partial charge in [0, 0.05) is 37.1 Å². The third-order valence-electron chi connectivity index (χ3n) is 4.68. The minimum atomic E-state index is -2.85. The van der Waals surface area contributed by atoms with E-state index in [1.165, 1.54) is 24.4 Å². The summed E-state index contributed by atoms with van der Waals surface area (Å²) in [5.74, 6) is -1.28. The van der Waals surface area contributed by atoms with Crippen molar-refractivity contribution in [3.05, 3.63) is 59.5 Å². The van der Waals surface area contributed by atoms with E-state index in [1.54, 1.807) is 17.0 Å². The number of urea groups is 1. The minimum Gasteiger partial charge on any atom is -0.415 e. The summed E-state index contributed by atoms with van der Waals surface area (Å²) < 4.78 is 49.2. The molecule has 1 aliphatic heterocycles. The van der Waals surface area contributed by atoms with Crippen molar-refractivity contribution in [1.29, 1.82) is 0 Å². The Morgan fingerprint density at radius 1 is 1.16 bits per heavy atom. The number of morpholine rings is 1. The molecule has 0 radical (unpaired) electrons. The van der Waals surface area contributed by atoms with Crippen molar-refractivity contribution in [2.24, 2.45) is 0 Å². The van der Waals surface area contributed by atoms with Crippen LogP contribution in [0.5, 0.6) is 0 Å². The van der Waals surface area contributed by atoms with Gasteiger partial charge < -0.3 is 19.4 Å². The zero-order valence-electron chi connectivity index (χ0n) is 16.2. The largest absolute Gasteiger partial charge is 0.415 e. The molecule has 4 rings (SSSR count). The highest BCUT2D eigenvalue weighted by Gasteiger charge is 2.19. The van der Waals surface area contributed by atoms with Crippen LogP contribution in [0.25, 0.3) is 11.5 Å². The maximum Gasteiger partial charge on any atom is 0.322 e. The van der Waals surface area contributed by atoms with Crippen LogP contribution >= 0.6 is 0 Å². The molecule has 3 heterocycles. The smallest absolute Gasteiger partial charge is 0.322 e. The zero-order valence-corrected chi connectivity index (χ0v) is 16.2. The van der Waals surface area contributed by atoms with Gasteiger partial charge in [-0.15, -0.1) is 10.2 Å². The number of alkyl halides is 2. The SMILES string of the molecule is O=C(Nc1ccc(F)cc1Cc1ccc(-c2nnc(C(F)F)o2)cn1)N1CCOCC1. The second-order valence-corrected chi connectivity index (χ2v) is 6.79. The number of nitrogens with one attached hydrogen (secondary N) is 1. The van der Waals surface area contributed by atoms with Crippen LogP contribution in [0.2, 0.25) is 0 Å². The molecule has 0 unspecified atom stereocenters. The Labute approximate surface area is 175 Å². The van der Waals surface area contributed by atoms with Gasteiger partial charge >= 0.3 is 12.5 Å². The molecule has 0 spiro atoms. The van der Waals surface area contributed by atoms with Crippen molar-refractivity contribution in [1.82, 2.24) is 20.1 Å². The van der Waals surface area contributed by atoms with Gasteiger partial charge in [0.25, 0.3) is 5.89 Å². The van der Waals surface area contributed by atoms with E-state index in [-0.39, 0.29) is 18.3 Å². The summed E-state index contributed by atoms with van der Waals surface area (Å²) >= 11 is 0. The Bertz CT molecular complexity index is 1050. The summed E-state index contributed by atoms with van der Waals surface area (Å²) in [7, 11) is 0. The number of pyridine rings is 1. The Hall–Kier alpha value is -3.47. The summed E-state index contributed by atoms with van der Waals surface area (Å²) in [5.41, 5.74) is 1.97. The third kappa shape index (κ3) is 5.00. The van der Waals surface area contributed by atoms with Gasteiger partial charge in [0.1, 0.15) is 5.82 Å². The fourth-order valence-electron chi connectivity index (χ4n) is 3.08. The molecule has 1 aliphatic rings. The maximum absolute atomic E-state index is 13.8. The molecule has 0 bridgehead atoms. The van der Waals surface area contributed by atoms with Crippen LogP contribution < -0.4 is 5.32 Å². The molecule has 1 N–H and O–H groups in total. The molecule has 31 heavy (non-hydrogen) atoms. The van der Waals surface area contributed by atoms with Gasteiger partial charge in [-0.05, 0) is 35.9 Å². The van der Waals surface area contributed by atoms with Gasteiger partial charge in [0.05, 0.1) is 18.8 Å². The standard InChI is InChI=1S/C20H18F3N5O3/c21-14-2-4-16(25-20(29)28-5-7-30-8-6-28)13(9-14)10-15-3-1-12(11-24-15)18-26-27-19(31-18)17(22)23/h1-4,9,11,17H,5-8,10H2,(H,25,29). The molecule has 0 atom stereocenters. The molecule has 3 aromatic rings. The number of amides is 2. The van der Waals surface area contributed by atoms with Crippen LogP contribution in [0.4, 0.5) is 23.7 Å². The predicted octanol–water partition coefficient (Wildman–Crippen LogP) is 3.66. The molecule has 2 aromatic heterocycles. The zero-order chi connectivity index (χ0) is 21.8. The average molecular weight is 433 g/mol. The number of nitrogens with zero attached hydrogens (tertiary/aromatic N) is 4.